The second-order valence-corrected chi connectivity index (χ2v) is 5.83. The minimum absolute atomic E-state index is 0.157. The highest BCUT2D eigenvalue weighted by atomic mass is 19.4. The number of carbonyl (C=O) groups is 3. The Morgan fingerprint density at radius 3 is 2.19 bits per heavy atom. The molecule has 0 saturated carbocycles. The lowest BCUT2D eigenvalue weighted by Gasteiger charge is -2.31. The predicted octanol–water partition coefficient (Wildman–Crippen LogP) is 2.27. The molecule has 0 N–H and O–H groups in total. The first kappa shape index (κ1) is 19.7. The molecule has 0 aromatic heterocycles. The van der Waals surface area contributed by atoms with Gasteiger partial charge in [-0.1, -0.05) is 0 Å². The number of benzene rings is 1. The molecule has 1 aliphatic heterocycles. The van der Waals surface area contributed by atoms with Crippen molar-refractivity contribution in [1.29, 1.82) is 0 Å². The van der Waals surface area contributed by atoms with E-state index in [-0.39, 0.29) is 24.6 Å². The van der Waals surface area contributed by atoms with Crippen LogP contribution in [-0.4, -0.2) is 49.6 Å². The lowest BCUT2D eigenvalue weighted by atomic mass is 9.96. The molecule has 0 radical (unpaired) electrons. The quantitative estimate of drug-likeness (QED) is 0.757. The van der Waals surface area contributed by atoms with E-state index in [1.165, 1.54) is 12.0 Å². The molecule has 1 aliphatic rings. The monoisotopic (exact) mass is 373 g/mol. The molecular weight excluding hydrogens is 355 g/mol. The highest BCUT2D eigenvalue weighted by molar-refractivity contribution is 5.94. The summed E-state index contributed by atoms with van der Waals surface area (Å²) in [6, 6.07) is 4.01. The van der Waals surface area contributed by atoms with E-state index >= 15 is 0 Å². The van der Waals surface area contributed by atoms with Gasteiger partial charge in [0.1, 0.15) is 0 Å². The molecule has 2 rings (SSSR count). The molecule has 26 heavy (non-hydrogen) atoms. The van der Waals surface area contributed by atoms with Gasteiger partial charge in [0, 0.05) is 18.7 Å². The summed E-state index contributed by atoms with van der Waals surface area (Å²) in [4.78, 5) is 36.7. The van der Waals surface area contributed by atoms with Crippen molar-refractivity contribution in [1.82, 2.24) is 4.90 Å². The molecule has 0 atom stereocenters. The Kier molecular flexibility index (Phi) is 6.23. The predicted molar refractivity (Wildman–Crippen MR) is 83.0 cm³/mol. The van der Waals surface area contributed by atoms with Crippen molar-refractivity contribution in [2.45, 2.75) is 19.0 Å². The third-order valence-electron chi connectivity index (χ3n) is 4.13. The van der Waals surface area contributed by atoms with Gasteiger partial charge in [0.2, 0.25) is 0 Å². The molecule has 0 bridgehead atoms. The van der Waals surface area contributed by atoms with Crippen LogP contribution in [0, 0.1) is 5.92 Å². The van der Waals surface area contributed by atoms with Crippen LogP contribution in [0.1, 0.15) is 28.8 Å². The maximum absolute atomic E-state index is 12.6. The summed E-state index contributed by atoms with van der Waals surface area (Å²) in [5.74, 6) is -2.01. The van der Waals surface area contributed by atoms with Crippen LogP contribution in [0.3, 0.4) is 0 Å². The first-order chi connectivity index (χ1) is 12.2. The van der Waals surface area contributed by atoms with Crippen LogP contribution in [0.15, 0.2) is 24.3 Å². The average molecular weight is 373 g/mol. The summed E-state index contributed by atoms with van der Waals surface area (Å²) in [5.41, 5.74) is -0.661. The number of methoxy groups -OCH3 is 1. The SMILES string of the molecule is COC(=O)COC(=O)C1CCN(C(=O)c2ccc(C(F)(F)F)cc2)CC1. The van der Waals surface area contributed by atoms with Crippen LogP contribution in [0.4, 0.5) is 13.2 Å². The molecule has 1 fully saturated rings. The van der Waals surface area contributed by atoms with Crippen LogP contribution < -0.4 is 0 Å². The Bertz CT molecular complexity index is 664. The maximum atomic E-state index is 12.6. The number of carbonyl (C=O) groups excluding carboxylic acids is 3. The van der Waals surface area contributed by atoms with E-state index in [1.54, 1.807) is 0 Å². The maximum Gasteiger partial charge on any atom is 0.416 e. The third kappa shape index (κ3) is 4.96. The van der Waals surface area contributed by atoms with Gasteiger partial charge in [-0.15, -0.1) is 0 Å². The zero-order valence-electron chi connectivity index (χ0n) is 14.0. The van der Waals surface area contributed by atoms with Crippen molar-refractivity contribution < 1.29 is 37.0 Å². The van der Waals surface area contributed by atoms with E-state index in [1.807, 2.05) is 0 Å². The van der Waals surface area contributed by atoms with E-state index in [0.29, 0.717) is 12.8 Å². The molecule has 142 valence electrons. The van der Waals surface area contributed by atoms with E-state index in [2.05, 4.69) is 4.74 Å². The van der Waals surface area contributed by atoms with Crippen LogP contribution in [0.25, 0.3) is 0 Å². The Hall–Kier alpha value is -2.58. The number of ether oxygens (including phenoxy) is 2. The van der Waals surface area contributed by atoms with Gasteiger partial charge in [-0.25, -0.2) is 4.79 Å². The summed E-state index contributed by atoms with van der Waals surface area (Å²) in [7, 11) is 1.18. The molecule has 1 amide bonds. The number of hydrogen-bond acceptors (Lipinski definition) is 5. The van der Waals surface area contributed by atoms with Gasteiger partial charge >= 0.3 is 18.1 Å². The minimum Gasteiger partial charge on any atom is -0.466 e. The third-order valence-corrected chi connectivity index (χ3v) is 4.13. The largest absolute Gasteiger partial charge is 0.466 e. The standard InChI is InChI=1S/C17H18F3NO5/c1-25-14(22)10-26-16(24)12-6-8-21(9-7-12)15(23)11-2-4-13(5-3-11)17(18,19)20/h2-5,12H,6-10H2,1H3. The lowest BCUT2D eigenvalue weighted by Crippen LogP contribution is -2.40. The normalized spacial score (nSPS) is 15.5. The number of halogens is 3. The van der Waals surface area contributed by atoms with Gasteiger partial charge in [0.05, 0.1) is 18.6 Å². The molecule has 6 nitrogen and oxygen atoms in total. The first-order valence-electron chi connectivity index (χ1n) is 7.92. The van der Waals surface area contributed by atoms with Gasteiger partial charge in [0.15, 0.2) is 6.61 Å². The minimum atomic E-state index is -4.45. The van der Waals surface area contributed by atoms with Crippen molar-refractivity contribution in [3.05, 3.63) is 35.4 Å². The topological polar surface area (TPSA) is 72.9 Å². The molecule has 9 heteroatoms. The number of rotatable bonds is 4. The van der Waals surface area contributed by atoms with Crippen molar-refractivity contribution in [2.24, 2.45) is 5.92 Å². The molecular formula is C17H18F3NO5. The highest BCUT2D eigenvalue weighted by Gasteiger charge is 2.32. The molecule has 1 heterocycles. The van der Waals surface area contributed by atoms with Crippen LogP contribution >= 0.6 is 0 Å². The number of alkyl halides is 3. The number of nitrogens with zero attached hydrogens (tertiary/aromatic N) is 1. The van der Waals surface area contributed by atoms with Gasteiger partial charge < -0.3 is 14.4 Å². The fourth-order valence-corrected chi connectivity index (χ4v) is 2.61. The van der Waals surface area contributed by atoms with E-state index in [0.717, 1.165) is 24.3 Å². The number of piperidine rings is 1. The van der Waals surface area contributed by atoms with Gasteiger partial charge in [-0.2, -0.15) is 13.2 Å². The van der Waals surface area contributed by atoms with Crippen molar-refractivity contribution in [2.75, 3.05) is 26.8 Å². The Labute approximate surface area is 147 Å². The van der Waals surface area contributed by atoms with Crippen molar-refractivity contribution >= 4 is 17.8 Å². The lowest BCUT2D eigenvalue weighted by molar-refractivity contribution is -0.160. The van der Waals surface area contributed by atoms with Gasteiger partial charge in [-0.05, 0) is 37.1 Å². The summed E-state index contributed by atoms with van der Waals surface area (Å²) in [6.07, 6.45) is -3.75. The van der Waals surface area contributed by atoms with Crippen LogP contribution in [-0.2, 0) is 25.2 Å². The number of hydrogen-bond donors (Lipinski definition) is 0. The molecule has 0 unspecified atom stereocenters. The average Bonchev–Trinajstić information content (AvgIpc) is 2.64. The fraction of sp³-hybridized carbons (Fsp3) is 0.471. The van der Waals surface area contributed by atoms with Gasteiger partial charge in [0.25, 0.3) is 5.91 Å². The van der Waals surface area contributed by atoms with E-state index in [4.69, 9.17) is 4.74 Å². The van der Waals surface area contributed by atoms with Gasteiger partial charge in [-0.3, -0.25) is 9.59 Å². The van der Waals surface area contributed by atoms with Crippen molar-refractivity contribution in [3.8, 4) is 0 Å². The van der Waals surface area contributed by atoms with E-state index in [9.17, 15) is 27.6 Å². The Balaban J connectivity index is 1.88. The summed E-state index contributed by atoms with van der Waals surface area (Å²) in [5, 5.41) is 0. The second-order valence-electron chi connectivity index (χ2n) is 5.83. The molecule has 0 spiro atoms. The number of amides is 1. The zero-order chi connectivity index (χ0) is 19.3. The summed E-state index contributed by atoms with van der Waals surface area (Å²) < 4.78 is 46.9. The summed E-state index contributed by atoms with van der Waals surface area (Å²) in [6.45, 7) is 0.0930. The van der Waals surface area contributed by atoms with Crippen molar-refractivity contribution in [3.63, 3.8) is 0 Å². The molecule has 0 aliphatic carbocycles. The second kappa shape index (κ2) is 8.20. The molecule has 1 aromatic carbocycles. The number of esters is 2. The van der Waals surface area contributed by atoms with Crippen LogP contribution in [0.5, 0.6) is 0 Å². The van der Waals surface area contributed by atoms with E-state index < -0.39 is 36.2 Å². The first-order valence-corrected chi connectivity index (χ1v) is 7.92. The fourth-order valence-electron chi connectivity index (χ4n) is 2.61. The highest BCUT2D eigenvalue weighted by Crippen LogP contribution is 2.29. The Morgan fingerprint density at radius 1 is 1.12 bits per heavy atom. The smallest absolute Gasteiger partial charge is 0.416 e. The molecule has 1 saturated heterocycles. The van der Waals surface area contributed by atoms with Crippen LogP contribution in [0.2, 0.25) is 0 Å². The molecule has 1 aromatic rings. The summed E-state index contributed by atoms with van der Waals surface area (Å²) >= 11 is 0. The number of likely N-dealkylation sites (tertiary alicyclic amines) is 1. The Morgan fingerprint density at radius 2 is 1.69 bits per heavy atom. The zero-order valence-corrected chi connectivity index (χ0v) is 14.0.